The summed E-state index contributed by atoms with van der Waals surface area (Å²) in [7, 11) is 0. The van der Waals surface area contributed by atoms with Gasteiger partial charge in [0.05, 0.1) is 12.3 Å². The Morgan fingerprint density at radius 3 is 2.32 bits per heavy atom. The molecule has 10 heteroatoms. The van der Waals surface area contributed by atoms with Gasteiger partial charge in [-0.2, -0.15) is 10.4 Å². The number of carbonyl (C=O) groups is 2. The SMILES string of the molecule is N#CCC(=O)N/N=C\[C@H](O)[C@H](O)[C@H](O)[C@H](O)C(=O)O. The molecule has 0 aliphatic heterocycles. The third kappa shape index (κ3) is 5.89. The number of carboxylic acid groups (broad SMARTS) is 1. The number of hydrazone groups is 1. The molecule has 0 fully saturated rings. The van der Waals surface area contributed by atoms with E-state index in [0.29, 0.717) is 6.21 Å². The van der Waals surface area contributed by atoms with Crippen molar-refractivity contribution in [1.29, 1.82) is 5.26 Å². The Labute approximate surface area is 107 Å². The van der Waals surface area contributed by atoms with Crippen molar-refractivity contribution in [3.8, 4) is 6.07 Å². The number of rotatable bonds is 7. The molecule has 106 valence electrons. The molecular formula is C9H13N3O7. The molecular weight excluding hydrogens is 262 g/mol. The molecule has 6 N–H and O–H groups in total. The average molecular weight is 275 g/mol. The number of aliphatic hydroxyl groups is 4. The van der Waals surface area contributed by atoms with Gasteiger partial charge in [0.2, 0.25) is 0 Å². The molecule has 0 radical (unpaired) electrons. The molecule has 0 bridgehead atoms. The highest BCUT2D eigenvalue weighted by Gasteiger charge is 2.33. The molecule has 0 aliphatic carbocycles. The monoisotopic (exact) mass is 275 g/mol. The predicted octanol–water partition coefficient (Wildman–Crippen LogP) is -3.47. The highest BCUT2D eigenvalue weighted by Crippen LogP contribution is 2.04. The molecule has 0 aliphatic rings. The van der Waals surface area contributed by atoms with E-state index in [1.54, 1.807) is 0 Å². The van der Waals surface area contributed by atoms with Gasteiger partial charge in [-0.3, -0.25) is 4.79 Å². The quantitative estimate of drug-likeness (QED) is 0.204. The second-order valence-electron chi connectivity index (χ2n) is 3.40. The standard InChI is InChI=1S/C9H13N3O7/c10-2-1-5(14)12-11-3-4(13)6(15)7(16)8(17)9(18)19/h3-4,6-8,13,15-17H,1H2,(H,12,14)(H,18,19)/b11-3-/t4-,6-,7-,8-/m0/s1. The zero-order chi connectivity index (χ0) is 15.0. The molecule has 1 amide bonds. The summed E-state index contributed by atoms with van der Waals surface area (Å²) in [5.74, 6) is -2.54. The number of carboxylic acids is 1. The predicted molar refractivity (Wildman–Crippen MR) is 58.5 cm³/mol. The van der Waals surface area contributed by atoms with Crippen molar-refractivity contribution < 1.29 is 35.1 Å². The molecule has 0 unspecified atom stereocenters. The van der Waals surface area contributed by atoms with Crippen molar-refractivity contribution in [1.82, 2.24) is 5.43 Å². The van der Waals surface area contributed by atoms with Crippen LogP contribution >= 0.6 is 0 Å². The molecule has 0 heterocycles. The maximum atomic E-state index is 10.8. The van der Waals surface area contributed by atoms with E-state index in [2.05, 4.69) is 5.10 Å². The molecule has 0 aromatic carbocycles. The number of hydrogen-bond acceptors (Lipinski definition) is 8. The molecule has 0 spiro atoms. The van der Waals surface area contributed by atoms with Gasteiger partial charge >= 0.3 is 5.97 Å². The minimum absolute atomic E-state index is 0.462. The molecule has 4 atom stereocenters. The van der Waals surface area contributed by atoms with E-state index in [1.807, 2.05) is 5.43 Å². The normalized spacial score (nSPS) is 17.2. The first-order valence-electron chi connectivity index (χ1n) is 4.95. The van der Waals surface area contributed by atoms with Gasteiger partial charge in [0, 0.05) is 0 Å². The van der Waals surface area contributed by atoms with Crippen molar-refractivity contribution in [2.24, 2.45) is 5.10 Å². The summed E-state index contributed by atoms with van der Waals surface area (Å²) in [5, 5.41) is 56.4. The summed E-state index contributed by atoms with van der Waals surface area (Å²) in [5.41, 5.74) is 1.84. The summed E-state index contributed by atoms with van der Waals surface area (Å²) in [4.78, 5) is 21.1. The van der Waals surface area contributed by atoms with Crippen LogP contribution in [0.2, 0.25) is 0 Å². The third-order valence-corrected chi connectivity index (χ3v) is 1.93. The van der Waals surface area contributed by atoms with Crippen LogP contribution in [0.15, 0.2) is 5.10 Å². The molecule has 0 saturated carbocycles. The fourth-order valence-electron chi connectivity index (χ4n) is 0.920. The van der Waals surface area contributed by atoms with Crippen LogP contribution in [0.5, 0.6) is 0 Å². The second kappa shape index (κ2) is 8.11. The molecule has 0 rings (SSSR count). The zero-order valence-corrected chi connectivity index (χ0v) is 9.54. The van der Waals surface area contributed by atoms with Crippen LogP contribution in [0, 0.1) is 11.3 Å². The molecule has 0 aromatic rings. The Bertz CT molecular complexity index is 392. The minimum Gasteiger partial charge on any atom is -0.479 e. The number of aliphatic hydroxyl groups excluding tert-OH is 4. The van der Waals surface area contributed by atoms with Crippen molar-refractivity contribution in [3.63, 3.8) is 0 Å². The average Bonchev–Trinajstić information content (AvgIpc) is 2.36. The lowest BCUT2D eigenvalue weighted by molar-refractivity contribution is -0.160. The van der Waals surface area contributed by atoms with Gasteiger partial charge in [-0.15, -0.1) is 0 Å². The van der Waals surface area contributed by atoms with Crippen LogP contribution in [0.3, 0.4) is 0 Å². The topological polar surface area (TPSA) is 183 Å². The lowest BCUT2D eigenvalue weighted by atomic mass is 10.0. The van der Waals surface area contributed by atoms with Crippen LogP contribution in [0.1, 0.15) is 6.42 Å². The second-order valence-corrected chi connectivity index (χ2v) is 3.40. The fraction of sp³-hybridized carbons (Fsp3) is 0.556. The van der Waals surface area contributed by atoms with Gasteiger partial charge < -0.3 is 25.5 Å². The molecule has 0 saturated heterocycles. The Kier molecular flexibility index (Phi) is 7.23. The summed E-state index contributed by atoms with van der Waals surface area (Å²) in [6, 6.07) is 1.54. The van der Waals surface area contributed by atoms with Crippen LogP contribution in [-0.2, 0) is 9.59 Å². The van der Waals surface area contributed by atoms with Crippen molar-refractivity contribution >= 4 is 18.1 Å². The summed E-state index contributed by atoms with van der Waals surface area (Å²) in [6.45, 7) is 0. The van der Waals surface area contributed by atoms with Gasteiger partial charge in [-0.25, -0.2) is 10.2 Å². The number of aliphatic carboxylic acids is 1. The van der Waals surface area contributed by atoms with Gasteiger partial charge in [0.25, 0.3) is 5.91 Å². The number of carbonyl (C=O) groups excluding carboxylic acids is 1. The number of nitrogens with one attached hydrogen (secondary N) is 1. The first-order chi connectivity index (χ1) is 8.81. The van der Waals surface area contributed by atoms with E-state index in [4.69, 9.17) is 15.5 Å². The van der Waals surface area contributed by atoms with Gasteiger partial charge in [0.15, 0.2) is 6.10 Å². The van der Waals surface area contributed by atoms with E-state index in [-0.39, 0.29) is 0 Å². The smallest absolute Gasteiger partial charge is 0.335 e. The van der Waals surface area contributed by atoms with Crippen LogP contribution in [-0.4, -0.2) is 68.0 Å². The first-order valence-corrected chi connectivity index (χ1v) is 4.95. The molecule has 19 heavy (non-hydrogen) atoms. The van der Waals surface area contributed by atoms with E-state index < -0.39 is 42.7 Å². The number of nitriles is 1. The maximum absolute atomic E-state index is 10.8. The Balaban J connectivity index is 4.38. The first kappa shape index (κ1) is 16.9. The van der Waals surface area contributed by atoms with E-state index in [0.717, 1.165) is 0 Å². The van der Waals surface area contributed by atoms with Crippen molar-refractivity contribution in [2.75, 3.05) is 0 Å². The lowest BCUT2D eigenvalue weighted by Crippen LogP contribution is -2.48. The van der Waals surface area contributed by atoms with Crippen LogP contribution in [0.25, 0.3) is 0 Å². The molecule has 10 nitrogen and oxygen atoms in total. The Morgan fingerprint density at radius 1 is 1.26 bits per heavy atom. The summed E-state index contributed by atoms with van der Waals surface area (Å²) in [6.07, 6.45) is -8.14. The fourth-order valence-corrected chi connectivity index (χ4v) is 0.920. The lowest BCUT2D eigenvalue weighted by Gasteiger charge is -2.22. The van der Waals surface area contributed by atoms with Crippen molar-refractivity contribution in [2.45, 2.75) is 30.8 Å². The highest BCUT2D eigenvalue weighted by atomic mass is 16.4. The van der Waals surface area contributed by atoms with Gasteiger partial charge in [-0.05, 0) is 0 Å². The number of hydrogen-bond donors (Lipinski definition) is 6. The van der Waals surface area contributed by atoms with Gasteiger partial charge in [0.1, 0.15) is 24.7 Å². The number of nitrogens with zero attached hydrogens (tertiary/aromatic N) is 2. The maximum Gasteiger partial charge on any atom is 0.335 e. The summed E-state index contributed by atoms with van der Waals surface area (Å²) >= 11 is 0. The largest absolute Gasteiger partial charge is 0.479 e. The number of amides is 1. The van der Waals surface area contributed by atoms with E-state index in [9.17, 15) is 24.9 Å². The Morgan fingerprint density at radius 2 is 1.84 bits per heavy atom. The van der Waals surface area contributed by atoms with Crippen LogP contribution in [0.4, 0.5) is 0 Å². The van der Waals surface area contributed by atoms with E-state index >= 15 is 0 Å². The zero-order valence-electron chi connectivity index (χ0n) is 9.54. The highest BCUT2D eigenvalue weighted by molar-refractivity contribution is 5.79. The summed E-state index contributed by atoms with van der Waals surface area (Å²) < 4.78 is 0. The third-order valence-electron chi connectivity index (χ3n) is 1.93. The Hall–Kier alpha value is -2.06. The van der Waals surface area contributed by atoms with Crippen LogP contribution < -0.4 is 5.43 Å². The minimum atomic E-state index is -2.29. The van der Waals surface area contributed by atoms with Crippen molar-refractivity contribution in [3.05, 3.63) is 0 Å². The van der Waals surface area contributed by atoms with Gasteiger partial charge in [-0.1, -0.05) is 0 Å². The molecule has 0 aromatic heterocycles. The van der Waals surface area contributed by atoms with E-state index in [1.165, 1.54) is 6.07 Å².